The van der Waals surface area contributed by atoms with Crippen LogP contribution in [-0.4, -0.2) is 47.5 Å². The fourth-order valence-electron chi connectivity index (χ4n) is 2.31. The van der Waals surface area contributed by atoms with Gasteiger partial charge < -0.3 is 14.6 Å². The Morgan fingerprint density at radius 1 is 1.20 bits per heavy atom. The molecule has 1 aliphatic heterocycles. The molecule has 0 spiro atoms. The molecular formula is C13H18NNaO4S. The van der Waals surface area contributed by atoms with E-state index in [9.17, 15) is 18.1 Å². The van der Waals surface area contributed by atoms with Crippen molar-refractivity contribution in [1.29, 1.82) is 0 Å². The van der Waals surface area contributed by atoms with Gasteiger partial charge in [-0.1, -0.05) is 30.3 Å². The van der Waals surface area contributed by atoms with Crippen LogP contribution in [0.3, 0.4) is 0 Å². The molecule has 0 amide bonds. The quantitative estimate of drug-likeness (QED) is 0.494. The van der Waals surface area contributed by atoms with Crippen LogP contribution >= 0.6 is 0 Å². The van der Waals surface area contributed by atoms with Crippen molar-refractivity contribution < 1.29 is 47.6 Å². The van der Waals surface area contributed by atoms with Crippen molar-refractivity contribution in [2.24, 2.45) is 0 Å². The molecule has 1 heterocycles. The van der Waals surface area contributed by atoms with Crippen LogP contribution < -0.4 is 29.6 Å². The van der Waals surface area contributed by atoms with Crippen LogP contribution in [0.25, 0.3) is 0 Å². The van der Waals surface area contributed by atoms with Crippen molar-refractivity contribution >= 4 is 10.1 Å². The van der Waals surface area contributed by atoms with Crippen molar-refractivity contribution in [3.05, 3.63) is 35.9 Å². The van der Waals surface area contributed by atoms with E-state index in [1.54, 1.807) is 0 Å². The van der Waals surface area contributed by atoms with Crippen LogP contribution in [0, 0.1) is 0 Å². The smallest absolute Gasteiger partial charge is 0.746 e. The predicted octanol–water partition coefficient (Wildman–Crippen LogP) is -2.44. The number of benzene rings is 1. The van der Waals surface area contributed by atoms with Crippen LogP contribution in [0.1, 0.15) is 18.4 Å². The van der Waals surface area contributed by atoms with Gasteiger partial charge in [0, 0.05) is 32.5 Å². The summed E-state index contributed by atoms with van der Waals surface area (Å²) in [6.45, 7) is 1.68. The Hall–Kier alpha value is 0.0500. The molecule has 1 aromatic rings. The molecule has 1 saturated heterocycles. The van der Waals surface area contributed by atoms with Gasteiger partial charge in [-0.3, -0.25) is 0 Å². The molecule has 7 heteroatoms. The number of aliphatic hydroxyl groups is 1. The number of likely N-dealkylation sites (tertiary alicyclic amines) is 1. The van der Waals surface area contributed by atoms with Gasteiger partial charge in [-0.25, -0.2) is 8.42 Å². The van der Waals surface area contributed by atoms with E-state index in [1.165, 1.54) is 5.56 Å². The fraction of sp³-hybridized carbons (Fsp3) is 0.538. The number of rotatable bonds is 4. The molecule has 20 heavy (non-hydrogen) atoms. The van der Waals surface area contributed by atoms with Crippen molar-refractivity contribution in [2.75, 3.05) is 19.6 Å². The first-order valence-electron chi connectivity index (χ1n) is 6.35. The summed E-state index contributed by atoms with van der Waals surface area (Å²) in [4.78, 5) is 0.00287. The molecule has 1 fully saturated rings. The minimum atomic E-state index is -4.64. The van der Waals surface area contributed by atoms with Gasteiger partial charge in [0.1, 0.15) is 10.1 Å². The largest absolute Gasteiger partial charge is 1.00 e. The van der Waals surface area contributed by atoms with Gasteiger partial charge in [0.2, 0.25) is 0 Å². The van der Waals surface area contributed by atoms with Crippen molar-refractivity contribution in [3.63, 3.8) is 0 Å². The average Bonchev–Trinajstić information content (AvgIpc) is 2.38. The molecule has 0 unspecified atom stereocenters. The number of piperidine rings is 1. The van der Waals surface area contributed by atoms with Gasteiger partial charge in [-0.2, -0.15) is 0 Å². The molecule has 0 atom stereocenters. The van der Waals surface area contributed by atoms with E-state index in [0.717, 1.165) is 13.0 Å². The van der Waals surface area contributed by atoms with E-state index in [1.807, 2.05) is 30.3 Å². The molecule has 1 aromatic carbocycles. The summed E-state index contributed by atoms with van der Waals surface area (Å²) >= 11 is 0. The fourth-order valence-corrected chi connectivity index (χ4v) is 2.99. The minimum absolute atomic E-state index is 0. The summed E-state index contributed by atoms with van der Waals surface area (Å²) in [6.07, 6.45) is 0.866. The molecule has 106 valence electrons. The van der Waals surface area contributed by atoms with E-state index >= 15 is 0 Å². The molecule has 1 N–H and O–H groups in total. The van der Waals surface area contributed by atoms with E-state index < -0.39 is 15.1 Å². The van der Waals surface area contributed by atoms with Gasteiger partial charge >= 0.3 is 29.6 Å². The van der Waals surface area contributed by atoms with Crippen LogP contribution in [0.4, 0.5) is 0 Å². The summed E-state index contributed by atoms with van der Waals surface area (Å²) in [5.74, 6) is 0. The summed E-state index contributed by atoms with van der Waals surface area (Å²) in [5, 5.41) is 9.78. The minimum Gasteiger partial charge on any atom is -0.746 e. The zero-order valence-corrected chi connectivity index (χ0v) is 14.5. The van der Waals surface area contributed by atoms with Crippen LogP contribution in [-0.2, 0) is 16.5 Å². The maximum absolute atomic E-state index is 11.0. The van der Waals surface area contributed by atoms with Crippen molar-refractivity contribution in [2.45, 2.75) is 24.2 Å². The van der Waals surface area contributed by atoms with E-state index in [-0.39, 0.29) is 42.4 Å². The first kappa shape index (κ1) is 18.1. The normalized spacial score (nSPS) is 19.3. The third kappa shape index (κ3) is 4.53. The molecule has 0 saturated carbocycles. The molecule has 1 aliphatic rings. The Bertz CT molecular complexity index is 512. The molecule has 0 aromatic heterocycles. The zero-order chi connectivity index (χ0) is 13.9. The molecule has 0 aliphatic carbocycles. The third-order valence-corrected chi connectivity index (χ3v) is 5.00. The van der Waals surface area contributed by atoms with Gasteiger partial charge in [-0.15, -0.1) is 0 Å². The van der Waals surface area contributed by atoms with E-state index in [2.05, 4.69) is 4.90 Å². The van der Waals surface area contributed by atoms with Gasteiger partial charge in [0.25, 0.3) is 0 Å². The second-order valence-corrected chi connectivity index (χ2v) is 6.65. The Balaban J connectivity index is 0.00000200. The molecule has 0 radical (unpaired) electrons. The second-order valence-electron chi connectivity index (χ2n) is 4.98. The Morgan fingerprint density at radius 3 is 2.25 bits per heavy atom. The predicted molar refractivity (Wildman–Crippen MR) is 70.5 cm³/mol. The van der Waals surface area contributed by atoms with E-state index in [4.69, 9.17) is 0 Å². The van der Waals surface area contributed by atoms with Gasteiger partial charge in [-0.05, 0) is 12.0 Å². The molecule has 0 bridgehead atoms. The van der Waals surface area contributed by atoms with Crippen LogP contribution in [0.15, 0.2) is 30.3 Å². The first-order chi connectivity index (χ1) is 8.91. The summed E-state index contributed by atoms with van der Waals surface area (Å²) in [6, 6.07) is 10.0. The monoisotopic (exact) mass is 307 g/mol. The zero-order valence-electron chi connectivity index (χ0n) is 11.7. The second kappa shape index (κ2) is 7.35. The van der Waals surface area contributed by atoms with Crippen molar-refractivity contribution in [1.82, 2.24) is 4.90 Å². The number of hydrogen-bond acceptors (Lipinski definition) is 5. The standard InChI is InChI=1S/C13H19NO4S.Na/c15-13(19(16,17)18)7-10-14(11-8-13)9-6-12-4-2-1-3-5-12;/h1-5,15H,6-11H2,(H,16,17,18);/q;+1/p-1. The average molecular weight is 307 g/mol. The van der Waals surface area contributed by atoms with Crippen LogP contribution in [0.5, 0.6) is 0 Å². The van der Waals surface area contributed by atoms with Crippen molar-refractivity contribution in [3.8, 4) is 0 Å². The SMILES string of the molecule is O=S(=O)([O-])C1(O)CCN(CCc2ccccc2)CC1.[Na+]. The molecule has 2 rings (SSSR count). The maximum Gasteiger partial charge on any atom is 1.00 e. The molecule has 5 nitrogen and oxygen atoms in total. The Morgan fingerprint density at radius 2 is 1.75 bits per heavy atom. The number of nitrogens with zero attached hydrogens (tertiary/aromatic N) is 1. The topological polar surface area (TPSA) is 80.7 Å². The van der Waals surface area contributed by atoms with E-state index in [0.29, 0.717) is 13.1 Å². The van der Waals surface area contributed by atoms with Gasteiger partial charge in [0.15, 0.2) is 4.93 Å². The Kier molecular flexibility index (Phi) is 6.66. The molecular weight excluding hydrogens is 289 g/mol. The first-order valence-corrected chi connectivity index (χ1v) is 7.76. The summed E-state index contributed by atoms with van der Waals surface area (Å²) < 4.78 is 32.9. The van der Waals surface area contributed by atoms with Crippen LogP contribution in [0.2, 0.25) is 0 Å². The number of hydrogen-bond donors (Lipinski definition) is 1. The Labute approximate surface area is 142 Å². The van der Waals surface area contributed by atoms with Gasteiger partial charge in [0.05, 0.1) is 0 Å². The summed E-state index contributed by atoms with van der Waals surface area (Å²) in [7, 11) is -4.64. The summed E-state index contributed by atoms with van der Waals surface area (Å²) in [5.41, 5.74) is 1.22. The maximum atomic E-state index is 11.0. The third-order valence-electron chi connectivity index (χ3n) is 3.66.